The number of allylic oxidation sites excluding steroid dienone is 1. The summed E-state index contributed by atoms with van der Waals surface area (Å²) in [4.78, 5) is 17.5. The molecule has 0 fully saturated rings. The number of ether oxygens (including phenoxy) is 1. The molecule has 0 saturated carbocycles. The molecule has 2 aromatic carbocycles. The summed E-state index contributed by atoms with van der Waals surface area (Å²) < 4.78 is 20.7. The van der Waals surface area contributed by atoms with Crippen molar-refractivity contribution in [3.63, 3.8) is 0 Å². The number of hydrogen-bond donors (Lipinski definition) is 2. The Labute approximate surface area is 167 Å². The molecule has 1 aliphatic heterocycles. The summed E-state index contributed by atoms with van der Waals surface area (Å²) in [5.74, 6) is 0.521. The second-order valence-electron chi connectivity index (χ2n) is 6.53. The fourth-order valence-electron chi connectivity index (χ4n) is 3.40. The summed E-state index contributed by atoms with van der Waals surface area (Å²) in [6, 6.07) is 12.6. The van der Waals surface area contributed by atoms with Crippen molar-refractivity contribution in [3.05, 3.63) is 77.5 Å². The van der Waals surface area contributed by atoms with Crippen molar-refractivity contribution in [2.24, 2.45) is 0 Å². The highest BCUT2D eigenvalue weighted by molar-refractivity contribution is 6.06. The van der Waals surface area contributed by atoms with Crippen LogP contribution in [0.25, 0.3) is 0 Å². The van der Waals surface area contributed by atoms with Gasteiger partial charge in [-0.1, -0.05) is 18.2 Å². The molecule has 148 valence electrons. The van der Waals surface area contributed by atoms with Gasteiger partial charge in [-0.15, -0.1) is 0 Å². The quantitative estimate of drug-likeness (QED) is 0.690. The molecule has 0 spiro atoms. The first-order chi connectivity index (χ1) is 14.1. The van der Waals surface area contributed by atoms with E-state index in [1.165, 1.54) is 30.6 Å². The topological polar surface area (TPSA) is 81.1 Å². The summed E-state index contributed by atoms with van der Waals surface area (Å²) >= 11 is 0. The number of para-hydroxylation sites is 1. The van der Waals surface area contributed by atoms with Crippen LogP contribution in [0.3, 0.4) is 0 Å². The van der Waals surface area contributed by atoms with Gasteiger partial charge in [-0.3, -0.25) is 4.79 Å². The first-order valence-corrected chi connectivity index (χ1v) is 9.24. The van der Waals surface area contributed by atoms with Crippen molar-refractivity contribution in [3.8, 4) is 5.75 Å². The minimum Gasteiger partial charge on any atom is -0.494 e. The van der Waals surface area contributed by atoms with Gasteiger partial charge in [-0.05, 0) is 44.2 Å². The van der Waals surface area contributed by atoms with Crippen LogP contribution < -0.4 is 15.4 Å². The molecule has 7 nitrogen and oxygen atoms in total. The van der Waals surface area contributed by atoms with Gasteiger partial charge >= 0.3 is 0 Å². The fraction of sp³-hybridized carbons (Fsp3) is 0.190. The molecule has 0 unspecified atom stereocenters. The fourth-order valence-corrected chi connectivity index (χ4v) is 3.40. The monoisotopic (exact) mass is 393 g/mol. The van der Waals surface area contributed by atoms with E-state index in [0.717, 1.165) is 5.56 Å². The maximum absolute atomic E-state index is 13.2. The Morgan fingerprint density at radius 2 is 2.00 bits per heavy atom. The lowest BCUT2D eigenvalue weighted by molar-refractivity contribution is -0.113. The number of nitrogens with one attached hydrogen (secondary N) is 2. The van der Waals surface area contributed by atoms with Crippen molar-refractivity contribution < 1.29 is 13.9 Å². The van der Waals surface area contributed by atoms with Gasteiger partial charge in [0.1, 0.15) is 23.9 Å². The van der Waals surface area contributed by atoms with Crippen LogP contribution in [0.15, 0.2) is 66.1 Å². The van der Waals surface area contributed by atoms with E-state index in [0.29, 0.717) is 35.3 Å². The molecule has 1 amide bonds. The highest BCUT2D eigenvalue weighted by Crippen LogP contribution is 2.39. The summed E-state index contributed by atoms with van der Waals surface area (Å²) in [6.07, 6.45) is 1.44. The molecule has 1 atom stereocenters. The van der Waals surface area contributed by atoms with Crippen molar-refractivity contribution >= 4 is 17.5 Å². The van der Waals surface area contributed by atoms with Crippen LogP contribution in [0, 0.1) is 5.82 Å². The Morgan fingerprint density at radius 3 is 2.76 bits per heavy atom. The number of amides is 1. The number of fused-ring (bicyclic) bond motifs is 1. The molecule has 1 aliphatic rings. The average Bonchev–Trinajstić information content (AvgIpc) is 3.17. The number of carbonyl (C=O) groups is 1. The normalized spacial score (nSPS) is 15.5. The van der Waals surface area contributed by atoms with E-state index >= 15 is 0 Å². The molecule has 2 N–H and O–H groups in total. The first-order valence-electron chi connectivity index (χ1n) is 9.24. The van der Waals surface area contributed by atoms with E-state index in [9.17, 15) is 9.18 Å². The highest BCUT2D eigenvalue weighted by Gasteiger charge is 2.35. The smallest absolute Gasteiger partial charge is 0.255 e. The van der Waals surface area contributed by atoms with Crippen LogP contribution in [0.4, 0.5) is 16.0 Å². The van der Waals surface area contributed by atoms with Crippen LogP contribution >= 0.6 is 0 Å². The van der Waals surface area contributed by atoms with E-state index in [1.54, 1.807) is 4.68 Å². The van der Waals surface area contributed by atoms with E-state index in [-0.39, 0.29) is 11.7 Å². The van der Waals surface area contributed by atoms with Crippen LogP contribution in [0.1, 0.15) is 25.5 Å². The standard InChI is InChI=1S/C21H20FN5O2/c1-3-29-17-7-5-4-6-16(17)19-18(13(2)25-21-23-12-24-27(19)21)20(28)26-15-10-8-14(22)9-11-15/h4-12,19H,3H2,1-2H3,(H,26,28)(H,23,24,25)/t19-/m1/s1. The van der Waals surface area contributed by atoms with E-state index in [1.807, 2.05) is 38.1 Å². The lowest BCUT2D eigenvalue weighted by Gasteiger charge is -2.29. The van der Waals surface area contributed by atoms with E-state index in [4.69, 9.17) is 4.74 Å². The number of benzene rings is 2. The molecule has 0 bridgehead atoms. The number of halogens is 1. The number of hydrogen-bond acceptors (Lipinski definition) is 5. The number of aromatic nitrogens is 3. The van der Waals surface area contributed by atoms with Gasteiger partial charge < -0.3 is 15.4 Å². The lowest BCUT2D eigenvalue weighted by atomic mass is 9.94. The molecule has 29 heavy (non-hydrogen) atoms. The Balaban J connectivity index is 1.78. The van der Waals surface area contributed by atoms with Gasteiger partial charge in [0, 0.05) is 16.9 Å². The zero-order valence-electron chi connectivity index (χ0n) is 16.0. The number of rotatable bonds is 5. The number of nitrogens with zero attached hydrogens (tertiary/aromatic N) is 3. The molecular weight excluding hydrogens is 373 g/mol. The summed E-state index contributed by atoms with van der Waals surface area (Å²) in [6.45, 7) is 4.21. The third-order valence-electron chi connectivity index (χ3n) is 4.65. The number of carbonyl (C=O) groups excluding carboxylic acids is 1. The highest BCUT2D eigenvalue weighted by atomic mass is 19.1. The van der Waals surface area contributed by atoms with Crippen molar-refractivity contribution in [2.45, 2.75) is 19.9 Å². The predicted molar refractivity (Wildman–Crippen MR) is 107 cm³/mol. The SMILES string of the molecule is CCOc1ccccc1[C@@H]1C(C(=O)Nc2ccc(F)cc2)=C(C)Nc2ncnn21. The Bertz CT molecular complexity index is 1070. The molecule has 0 saturated heterocycles. The van der Waals surface area contributed by atoms with E-state index < -0.39 is 6.04 Å². The van der Waals surface area contributed by atoms with Crippen LogP contribution in [-0.2, 0) is 4.79 Å². The zero-order valence-corrected chi connectivity index (χ0v) is 16.0. The second-order valence-corrected chi connectivity index (χ2v) is 6.53. The molecule has 4 rings (SSSR count). The van der Waals surface area contributed by atoms with Crippen LogP contribution in [0.5, 0.6) is 5.75 Å². The van der Waals surface area contributed by atoms with Crippen molar-refractivity contribution in [1.29, 1.82) is 0 Å². The zero-order chi connectivity index (χ0) is 20.4. The molecule has 2 heterocycles. The summed E-state index contributed by atoms with van der Waals surface area (Å²) in [7, 11) is 0. The minimum absolute atomic E-state index is 0.320. The molecule has 3 aromatic rings. The first kappa shape index (κ1) is 18.7. The average molecular weight is 393 g/mol. The second kappa shape index (κ2) is 7.75. The summed E-state index contributed by atoms with van der Waals surface area (Å²) in [5.41, 5.74) is 2.42. The van der Waals surface area contributed by atoms with Gasteiger partial charge in [0.25, 0.3) is 5.91 Å². The minimum atomic E-state index is -0.531. The molecule has 0 aliphatic carbocycles. The van der Waals surface area contributed by atoms with Crippen molar-refractivity contribution in [1.82, 2.24) is 14.8 Å². The van der Waals surface area contributed by atoms with Crippen molar-refractivity contribution in [2.75, 3.05) is 17.2 Å². The lowest BCUT2D eigenvalue weighted by Crippen LogP contribution is -2.31. The van der Waals surface area contributed by atoms with E-state index in [2.05, 4.69) is 20.7 Å². The summed E-state index contributed by atoms with van der Waals surface area (Å²) in [5, 5.41) is 10.3. The third kappa shape index (κ3) is 3.56. The molecule has 8 heteroatoms. The van der Waals surface area contributed by atoms with Gasteiger partial charge in [0.05, 0.1) is 12.2 Å². The van der Waals surface area contributed by atoms with Gasteiger partial charge in [0.2, 0.25) is 5.95 Å². The van der Waals surface area contributed by atoms with Crippen LogP contribution in [0.2, 0.25) is 0 Å². The Kier molecular flexibility index (Phi) is 4.99. The predicted octanol–water partition coefficient (Wildman–Crippen LogP) is 3.74. The van der Waals surface area contributed by atoms with Gasteiger partial charge in [-0.25, -0.2) is 9.07 Å². The van der Waals surface area contributed by atoms with Crippen LogP contribution in [-0.4, -0.2) is 27.3 Å². The maximum Gasteiger partial charge on any atom is 0.255 e. The van der Waals surface area contributed by atoms with Gasteiger partial charge in [0.15, 0.2) is 0 Å². The molecular formula is C21H20FN5O2. The van der Waals surface area contributed by atoms with Gasteiger partial charge in [-0.2, -0.15) is 10.1 Å². The Morgan fingerprint density at radius 1 is 1.24 bits per heavy atom. The largest absolute Gasteiger partial charge is 0.494 e. The molecule has 1 aromatic heterocycles. The third-order valence-corrected chi connectivity index (χ3v) is 4.65. The maximum atomic E-state index is 13.2. The number of anilines is 2. The Hall–Kier alpha value is -3.68. The molecule has 0 radical (unpaired) electrons.